The van der Waals surface area contributed by atoms with E-state index in [0.717, 1.165) is 24.8 Å². The molecule has 1 fully saturated rings. The molecule has 1 unspecified atom stereocenters. The summed E-state index contributed by atoms with van der Waals surface area (Å²) >= 11 is 0. The van der Waals surface area contributed by atoms with Crippen LogP contribution in [0.1, 0.15) is 31.2 Å². The first kappa shape index (κ1) is 13.2. The van der Waals surface area contributed by atoms with E-state index in [9.17, 15) is 4.79 Å². The predicted octanol–water partition coefficient (Wildman–Crippen LogP) is 2.26. The van der Waals surface area contributed by atoms with Crippen molar-refractivity contribution in [2.45, 2.75) is 31.2 Å². The largest absolute Gasteiger partial charge is 0.383 e. The lowest BCUT2D eigenvalue weighted by Gasteiger charge is -2.37. The van der Waals surface area contributed by atoms with Crippen LogP contribution in [0.3, 0.4) is 0 Å². The first-order chi connectivity index (χ1) is 8.79. The summed E-state index contributed by atoms with van der Waals surface area (Å²) < 4.78 is 5.08. The van der Waals surface area contributed by atoms with E-state index >= 15 is 0 Å². The number of carbonyl (C=O) groups excluding carboxylic acids is 1. The smallest absolute Gasteiger partial charge is 0.157 e. The molecule has 1 atom stereocenters. The molecule has 0 saturated heterocycles. The third-order valence-electron chi connectivity index (χ3n) is 3.68. The number of rotatable bonds is 5. The average Bonchev–Trinajstić information content (AvgIpc) is 2.42. The van der Waals surface area contributed by atoms with Crippen LogP contribution in [0.25, 0.3) is 0 Å². The summed E-state index contributed by atoms with van der Waals surface area (Å²) in [5, 5.41) is 3.43. The second-order valence-electron chi connectivity index (χ2n) is 4.82. The van der Waals surface area contributed by atoms with E-state index in [1.165, 1.54) is 0 Å². The summed E-state index contributed by atoms with van der Waals surface area (Å²) in [5.74, 6) is 0.316. The molecule has 98 valence electrons. The zero-order chi connectivity index (χ0) is 12.8. The van der Waals surface area contributed by atoms with Gasteiger partial charge in [0.05, 0.1) is 6.61 Å². The third kappa shape index (κ3) is 2.62. The van der Waals surface area contributed by atoms with Crippen molar-refractivity contribution in [2.24, 2.45) is 0 Å². The van der Waals surface area contributed by atoms with Gasteiger partial charge >= 0.3 is 0 Å². The molecule has 0 aliphatic heterocycles. The molecule has 1 saturated carbocycles. The van der Waals surface area contributed by atoms with Crippen LogP contribution in [0.15, 0.2) is 30.3 Å². The number of ether oxygens (including phenoxy) is 1. The number of hydrogen-bond acceptors (Lipinski definition) is 3. The number of nitrogens with one attached hydrogen (secondary N) is 1. The van der Waals surface area contributed by atoms with Crippen molar-refractivity contribution in [3.63, 3.8) is 0 Å². The molecule has 0 aromatic heterocycles. The standard InChI is InChI=1S/C15H21NO2/c1-18-12-11-16-15(10-6-5-9-14(15)17)13-7-3-2-4-8-13/h2-4,7-8,16H,5-6,9-12H2,1H3. The van der Waals surface area contributed by atoms with Gasteiger partial charge in [-0.25, -0.2) is 0 Å². The van der Waals surface area contributed by atoms with Gasteiger partial charge in [0.25, 0.3) is 0 Å². The summed E-state index contributed by atoms with van der Waals surface area (Å²) in [6, 6.07) is 10.1. The van der Waals surface area contributed by atoms with Gasteiger partial charge in [-0.1, -0.05) is 36.8 Å². The number of benzene rings is 1. The third-order valence-corrected chi connectivity index (χ3v) is 3.68. The fourth-order valence-electron chi connectivity index (χ4n) is 2.71. The normalized spacial score (nSPS) is 24.2. The maximum Gasteiger partial charge on any atom is 0.157 e. The highest BCUT2D eigenvalue weighted by Gasteiger charge is 2.40. The fourth-order valence-corrected chi connectivity index (χ4v) is 2.71. The quantitative estimate of drug-likeness (QED) is 0.811. The molecule has 1 aromatic rings. The maximum absolute atomic E-state index is 12.4. The monoisotopic (exact) mass is 247 g/mol. The van der Waals surface area contributed by atoms with Gasteiger partial charge in [-0.3, -0.25) is 10.1 Å². The van der Waals surface area contributed by atoms with Crippen LogP contribution in [-0.2, 0) is 15.1 Å². The van der Waals surface area contributed by atoms with Crippen molar-refractivity contribution in [1.29, 1.82) is 0 Å². The minimum atomic E-state index is -0.488. The highest BCUT2D eigenvalue weighted by Crippen LogP contribution is 2.34. The molecular weight excluding hydrogens is 226 g/mol. The Balaban J connectivity index is 2.24. The van der Waals surface area contributed by atoms with Crippen molar-refractivity contribution in [3.05, 3.63) is 35.9 Å². The lowest BCUT2D eigenvalue weighted by Crippen LogP contribution is -2.51. The van der Waals surface area contributed by atoms with E-state index in [1.807, 2.05) is 30.3 Å². The van der Waals surface area contributed by atoms with Crippen molar-refractivity contribution < 1.29 is 9.53 Å². The summed E-state index contributed by atoms with van der Waals surface area (Å²) in [6.45, 7) is 1.33. The van der Waals surface area contributed by atoms with Gasteiger partial charge in [0.1, 0.15) is 5.54 Å². The van der Waals surface area contributed by atoms with Crippen LogP contribution in [0.2, 0.25) is 0 Å². The Morgan fingerprint density at radius 2 is 2.06 bits per heavy atom. The zero-order valence-corrected chi connectivity index (χ0v) is 10.9. The van der Waals surface area contributed by atoms with Crippen LogP contribution in [0, 0.1) is 0 Å². The van der Waals surface area contributed by atoms with Crippen LogP contribution in [0.5, 0.6) is 0 Å². The molecule has 1 aliphatic carbocycles. The molecule has 0 amide bonds. The lowest BCUT2D eigenvalue weighted by atomic mass is 9.75. The molecule has 0 heterocycles. The van der Waals surface area contributed by atoms with E-state index in [4.69, 9.17) is 4.74 Å². The summed E-state index contributed by atoms with van der Waals surface area (Å²) in [4.78, 5) is 12.4. The molecule has 1 aliphatic rings. The molecule has 1 N–H and O–H groups in total. The zero-order valence-electron chi connectivity index (χ0n) is 10.9. The van der Waals surface area contributed by atoms with E-state index in [0.29, 0.717) is 25.4 Å². The first-order valence-electron chi connectivity index (χ1n) is 6.62. The molecule has 0 spiro atoms. The second kappa shape index (κ2) is 6.12. The van der Waals surface area contributed by atoms with Crippen LogP contribution in [-0.4, -0.2) is 26.0 Å². The number of hydrogen-bond donors (Lipinski definition) is 1. The van der Waals surface area contributed by atoms with Crippen molar-refractivity contribution in [3.8, 4) is 0 Å². The van der Waals surface area contributed by atoms with E-state index in [1.54, 1.807) is 7.11 Å². The van der Waals surface area contributed by atoms with Gasteiger partial charge < -0.3 is 4.74 Å². The minimum Gasteiger partial charge on any atom is -0.383 e. The molecule has 3 nitrogen and oxygen atoms in total. The van der Waals surface area contributed by atoms with E-state index in [2.05, 4.69) is 5.32 Å². The average molecular weight is 247 g/mol. The van der Waals surface area contributed by atoms with Crippen LogP contribution < -0.4 is 5.32 Å². The van der Waals surface area contributed by atoms with E-state index < -0.39 is 5.54 Å². The number of Topliss-reactive ketones (excluding diaryl/α,β-unsaturated/α-hetero) is 1. The van der Waals surface area contributed by atoms with Gasteiger partial charge in [0, 0.05) is 20.1 Å². The molecule has 3 heteroatoms. The van der Waals surface area contributed by atoms with Crippen molar-refractivity contribution >= 4 is 5.78 Å². The fraction of sp³-hybridized carbons (Fsp3) is 0.533. The van der Waals surface area contributed by atoms with E-state index in [-0.39, 0.29) is 0 Å². The van der Waals surface area contributed by atoms with Crippen molar-refractivity contribution in [1.82, 2.24) is 5.32 Å². The molecule has 0 radical (unpaired) electrons. The van der Waals surface area contributed by atoms with Gasteiger partial charge in [-0.15, -0.1) is 0 Å². The minimum absolute atomic E-state index is 0.316. The number of carbonyl (C=O) groups is 1. The molecule has 0 bridgehead atoms. The molecule has 1 aromatic carbocycles. The van der Waals surface area contributed by atoms with Gasteiger partial charge in [-0.05, 0) is 18.4 Å². The molecular formula is C15H21NO2. The highest BCUT2D eigenvalue weighted by atomic mass is 16.5. The predicted molar refractivity (Wildman–Crippen MR) is 71.5 cm³/mol. The Labute approximate surface area is 109 Å². The Kier molecular flexibility index (Phi) is 4.50. The molecule has 18 heavy (non-hydrogen) atoms. The van der Waals surface area contributed by atoms with Crippen LogP contribution >= 0.6 is 0 Å². The van der Waals surface area contributed by atoms with Crippen LogP contribution in [0.4, 0.5) is 0 Å². The lowest BCUT2D eigenvalue weighted by molar-refractivity contribution is -0.128. The van der Waals surface area contributed by atoms with Gasteiger partial charge in [0.2, 0.25) is 0 Å². The van der Waals surface area contributed by atoms with Gasteiger partial charge in [0.15, 0.2) is 5.78 Å². The Morgan fingerprint density at radius 3 is 2.72 bits per heavy atom. The highest BCUT2D eigenvalue weighted by molar-refractivity contribution is 5.90. The SMILES string of the molecule is COCCNC1(c2ccccc2)CCCCC1=O. The van der Waals surface area contributed by atoms with Gasteiger partial charge in [-0.2, -0.15) is 0 Å². The molecule has 2 rings (SSSR count). The topological polar surface area (TPSA) is 38.3 Å². The first-order valence-corrected chi connectivity index (χ1v) is 6.62. The van der Waals surface area contributed by atoms with Crippen molar-refractivity contribution in [2.75, 3.05) is 20.3 Å². The summed E-state index contributed by atoms with van der Waals surface area (Å²) in [5.41, 5.74) is 0.601. The number of ketones is 1. The number of methoxy groups -OCH3 is 1. The second-order valence-corrected chi connectivity index (χ2v) is 4.82. The Hall–Kier alpha value is -1.19. The summed E-state index contributed by atoms with van der Waals surface area (Å²) in [7, 11) is 1.68. The Morgan fingerprint density at radius 1 is 1.28 bits per heavy atom. The Bertz CT molecular complexity index is 391. The maximum atomic E-state index is 12.4. The summed E-state index contributed by atoms with van der Waals surface area (Å²) in [6.07, 6.45) is 3.68.